The molecule has 6 nitrogen and oxygen atoms in total. The average molecular weight is 243 g/mol. The summed E-state index contributed by atoms with van der Waals surface area (Å²) in [7, 11) is -4.09. The van der Waals surface area contributed by atoms with Crippen molar-refractivity contribution in [3.63, 3.8) is 0 Å². The second-order valence-corrected chi connectivity index (χ2v) is 4.97. The number of aromatic nitrogens is 2. The molecule has 1 aromatic rings. The lowest BCUT2D eigenvalue weighted by atomic mass is 10.3. The van der Waals surface area contributed by atoms with Crippen LogP contribution in [0.4, 0.5) is 0 Å². The molecule has 7 heteroatoms. The van der Waals surface area contributed by atoms with Crippen LogP contribution in [0, 0.1) is 11.3 Å². The van der Waals surface area contributed by atoms with E-state index in [0.717, 1.165) is 0 Å². The second kappa shape index (κ2) is 5.63. The maximum absolute atomic E-state index is 10.3. The molecular weight excluding hydrogens is 230 g/mol. The minimum absolute atomic E-state index is 0.294. The van der Waals surface area contributed by atoms with Gasteiger partial charge in [0.05, 0.1) is 16.7 Å². The summed E-state index contributed by atoms with van der Waals surface area (Å²) in [5.74, 6) is -0.313. The molecule has 0 aliphatic carbocycles. The van der Waals surface area contributed by atoms with Crippen LogP contribution in [-0.4, -0.2) is 23.3 Å². The summed E-state index contributed by atoms with van der Waals surface area (Å²) in [5, 5.41) is 8.45. The fourth-order valence-electron chi connectivity index (χ4n) is 1.32. The van der Waals surface area contributed by atoms with E-state index in [-0.39, 0.29) is 5.75 Å². The number of nitriles is 1. The summed E-state index contributed by atoms with van der Waals surface area (Å²) in [6.07, 6.45) is 6.34. The van der Waals surface area contributed by atoms with Crippen molar-refractivity contribution < 1.29 is 17.5 Å². The van der Waals surface area contributed by atoms with Gasteiger partial charge in [-0.3, -0.25) is 0 Å². The van der Waals surface area contributed by atoms with Crippen molar-refractivity contribution in [2.45, 2.75) is 25.9 Å². The highest BCUT2D eigenvalue weighted by Crippen LogP contribution is 1.94. The van der Waals surface area contributed by atoms with Crippen LogP contribution in [0.3, 0.4) is 0 Å². The van der Waals surface area contributed by atoms with Gasteiger partial charge in [-0.1, -0.05) is 0 Å². The van der Waals surface area contributed by atoms with Crippen LogP contribution in [0.5, 0.6) is 0 Å². The Bertz CT molecular complexity index is 472. The SMILES string of the molecule is N#CCn1cc[n+](CCCCS(=O)(=O)[O-])c1. The first-order valence-electron chi connectivity index (χ1n) is 4.86. The van der Waals surface area contributed by atoms with Crippen molar-refractivity contribution >= 4 is 10.1 Å². The van der Waals surface area contributed by atoms with E-state index >= 15 is 0 Å². The zero-order valence-electron chi connectivity index (χ0n) is 8.74. The average Bonchev–Trinajstić information content (AvgIpc) is 2.60. The zero-order valence-corrected chi connectivity index (χ0v) is 9.56. The number of unbranched alkanes of at least 4 members (excludes halogenated alkanes) is 1. The van der Waals surface area contributed by atoms with Gasteiger partial charge in [-0.2, -0.15) is 5.26 Å². The van der Waals surface area contributed by atoms with E-state index in [1.807, 2.05) is 16.8 Å². The van der Waals surface area contributed by atoms with E-state index in [2.05, 4.69) is 0 Å². The first-order chi connectivity index (χ1) is 7.51. The number of rotatable bonds is 6. The fourth-order valence-corrected chi connectivity index (χ4v) is 1.88. The molecule has 0 spiro atoms. The predicted molar refractivity (Wildman–Crippen MR) is 54.0 cm³/mol. The molecule has 0 fully saturated rings. The molecular formula is C9H13N3O3S. The summed E-state index contributed by atoms with van der Waals surface area (Å²) in [6.45, 7) is 0.940. The molecule has 1 heterocycles. The van der Waals surface area contributed by atoms with Gasteiger partial charge >= 0.3 is 0 Å². The number of aryl methyl sites for hydroxylation is 1. The molecule has 0 aliphatic heterocycles. The topological polar surface area (TPSA) is 89.8 Å². The molecule has 1 rings (SSSR count). The van der Waals surface area contributed by atoms with Crippen LogP contribution in [0.15, 0.2) is 18.7 Å². The Hall–Kier alpha value is -1.39. The summed E-state index contributed by atoms with van der Waals surface area (Å²) in [4.78, 5) is 0. The molecule has 0 aliphatic rings. The number of nitrogens with zero attached hydrogens (tertiary/aromatic N) is 3. The van der Waals surface area contributed by atoms with Crippen molar-refractivity contribution in [2.75, 3.05) is 5.75 Å². The maximum Gasteiger partial charge on any atom is 0.244 e. The first kappa shape index (κ1) is 12.7. The van der Waals surface area contributed by atoms with Gasteiger partial charge in [-0.25, -0.2) is 17.6 Å². The molecule has 0 N–H and O–H groups in total. The van der Waals surface area contributed by atoms with Crippen molar-refractivity contribution in [3.8, 4) is 6.07 Å². The van der Waals surface area contributed by atoms with Gasteiger partial charge in [0.15, 0.2) is 6.54 Å². The van der Waals surface area contributed by atoms with Crippen LogP contribution in [-0.2, 0) is 23.2 Å². The number of imidazole rings is 1. The minimum Gasteiger partial charge on any atom is -0.748 e. The first-order valence-corrected chi connectivity index (χ1v) is 6.44. The molecule has 0 saturated carbocycles. The predicted octanol–water partition coefficient (Wildman–Crippen LogP) is -0.375. The molecule has 0 atom stereocenters. The Morgan fingerprint density at radius 2 is 2.19 bits per heavy atom. The van der Waals surface area contributed by atoms with Crippen molar-refractivity contribution in [3.05, 3.63) is 18.7 Å². The van der Waals surface area contributed by atoms with E-state index < -0.39 is 10.1 Å². The molecule has 0 bridgehead atoms. The third kappa shape index (κ3) is 4.91. The Labute approximate surface area is 94.5 Å². The lowest BCUT2D eigenvalue weighted by molar-refractivity contribution is -0.696. The molecule has 0 aromatic carbocycles. The van der Waals surface area contributed by atoms with E-state index in [1.165, 1.54) is 0 Å². The summed E-state index contributed by atoms with van der Waals surface area (Å²) in [5.41, 5.74) is 0. The highest BCUT2D eigenvalue weighted by Gasteiger charge is 2.03. The van der Waals surface area contributed by atoms with Gasteiger partial charge in [-0.15, -0.1) is 0 Å². The van der Waals surface area contributed by atoms with Gasteiger partial charge in [0.25, 0.3) is 0 Å². The van der Waals surface area contributed by atoms with E-state index in [1.54, 1.807) is 17.1 Å². The van der Waals surface area contributed by atoms with Crippen molar-refractivity contribution in [2.24, 2.45) is 0 Å². The largest absolute Gasteiger partial charge is 0.748 e. The van der Waals surface area contributed by atoms with Crippen LogP contribution < -0.4 is 4.57 Å². The standard InChI is InChI=1S/C9H13N3O3S/c10-3-5-12-7-6-11(9-12)4-1-2-8-16(13,14)15/h6-7,9H,1-2,4-5,8H2. The Morgan fingerprint density at radius 1 is 1.44 bits per heavy atom. The lowest BCUT2D eigenvalue weighted by Gasteiger charge is -2.04. The minimum atomic E-state index is -4.09. The number of hydrogen-bond donors (Lipinski definition) is 0. The molecule has 16 heavy (non-hydrogen) atoms. The van der Waals surface area contributed by atoms with Crippen molar-refractivity contribution in [1.82, 2.24) is 4.57 Å². The normalized spacial score (nSPS) is 11.2. The molecule has 88 valence electrons. The van der Waals surface area contributed by atoms with Crippen LogP contribution in [0.25, 0.3) is 0 Å². The molecule has 0 amide bonds. The van der Waals surface area contributed by atoms with Gasteiger partial charge < -0.3 is 4.55 Å². The van der Waals surface area contributed by atoms with Crippen LogP contribution in [0.1, 0.15) is 12.8 Å². The number of hydrogen-bond acceptors (Lipinski definition) is 4. The van der Waals surface area contributed by atoms with E-state index in [9.17, 15) is 13.0 Å². The third-order valence-corrected chi connectivity index (χ3v) is 2.85. The molecule has 0 radical (unpaired) electrons. The second-order valence-electron chi connectivity index (χ2n) is 3.45. The van der Waals surface area contributed by atoms with Crippen LogP contribution >= 0.6 is 0 Å². The fraction of sp³-hybridized carbons (Fsp3) is 0.556. The Balaban J connectivity index is 2.30. The highest BCUT2D eigenvalue weighted by atomic mass is 32.2. The summed E-state index contributed by atoms with van der Waals surface area (Å²) in [6, 6.07) is 2.01. The zero-order chi connectivity index (χ0) is 12.0. The summed E-state index contributed by atoms with van der Waals surface area (Å²) < 4.78 is 34.6. The molecule has 1 aromatic heterocycles. The molecule has 0 saturated heterocycles. The van der Waals surface area contributed by atoms with Gasteiger partial charge in [-0.05, 0) is 12.8 Å². The van der Waals surface area contributed by atoms with E-state index in [0.29, 0.717) is 25.9 Å². The van der Waals surface area contributed by atoms with Crippen molar-refractivity contribution in [1.29, 1.82) is 5.26 Å². The Morgan fingerprint density at radius 3 is 2.81 bits per heavy atom. The maximum atomic E-state index is 10.3. The summed E-state index contributed by atoms with van der Waals surface area (Å²) >= 11 is 0. The monoisotopic (exact) mass is 243 g/mol. The molecule has 0 unspecified atom stereocenters. The van der Waals surface area contributed by atoms with Gasteiger partial charge in [0.2, 0.25) is 6.33 Å². The van der Waals surface area contributed by atoms with Crippen LogP contribution in [0.2, 0.25) is 0 Å². The smallest absolute Gasteiger partial charge is 0.244 e. The quantitative estimate of drug-likeness (QED) is 0.387. The third-order valence-electron chi connectivity index (χ3n) is 2.06. The van der Waals surface area contributed by atoms with Gasteiger partial charge in [0, 0.05) is 5.75 Å². The van der Waals surface area contributed by atoms with Gasteiger partial charge in [0.1, 0.15) is 18.5 Å². The van der Waals surface area contributed by atoms with E-state index in [4.69, 9.17) is 5.26 Å². The Kier molecular flexibility index (Phi) is 4.46. The highest BCUT2D eigenvalue weighted by molar-refractivity contribution is 7.85. The lowest BCUT2D eigenvalue weighted by Crippen LogP contribution is -2.31.